The van der Waals surface area contributed by atoms with Crippen LogP contribution in [-0.4, -0.2) is 4.98 Å². The zero-order chi connectivity index (χ0) is 14.4. The molecule has 2 rings (SSSR count). The molecule has 0 aliphatic heterocycles. The number of rotatable bonds is 6. The molecule has 0 N–H and O–H groups in total. The quantitative estimate of drug-likeness (QED) is 0.716. The molecule has 20 heavy (non-hydrogen) atoms. The summed E-state index contributed by atoms with van der Waals surface area (Å²) in [6, 6.07) is 13.0. The summed E-state index contributed by atoms with van der Waals surface area (Å²) >= 11 is 0. The summed E-state index contributed by atoms with van der Waals surface area (Å²) in [4.78, 5) is 4.30. The molecular formula is C19H25N. The van der Waals surface area contributed by atoms with Gasteiger partial charge in [0.15, 0.2) is 0 Å². The zero-order valence-electron chi connectivity index (χ0n) is 12.8. The highest BCUT2D eigenvalue weighted by molar-refractivity contribution is 5.27. The molecule has 0 bridgehead atoms. The van der Waals surface area contributed by atoms with Gasteiger partial charge in [-0.15, -0.1) is 0 Å². The topological polar surface area (TPSA) is 12.9 Å². The van der Waals surface area contributed by atoms with Gasteiger partial charge in [0, 0.05) is 12.4 Å². The molecule has 1 heterocycles. The fourth-order valence-electron chi connectivity index (χ4n) is 2.71. The fraction of sp³-hybridized carbons (Fsp3) is 0.421. The SMILES string of the molecule is CC(C)Cc1cnccc1C(C)CCc1ccccc1. The van der Waals surface area contributed by atoms with Gasteiger partial charge in [-0.2, -0.15) is 0 Å². The largest absolute Gasteiger partial charge is 0.264 e. The molecule has 106 valence electrons. The monoisotopic (exact) mass is 267 g/mol. The van der Waals surface area contributed by atoms with Gasteiger partial charge in [0.25, 0.3) is 0 Å². The predicted octanol–water partition coefficient (Wildman–Crippen LogP) is 5.02. The Morgan fingerprint density at radius 3 is 2.45 bits per heavy atom. The second kappa shape index (κ2) is 7.23. The van der Waals surface area contributed by atoms with E-state index < -0.39 is 0 Å². The van der Waals surface area contributed by atoms with Gasteiger partial charge in [-0.3, -0.25) is 4.98 Å². The molecule has 0 amide bonds. The summed E-state index contributed by atoms with van der Waals surface area (Å²) < 4.78 is 0. The highest BCUT2D eigenvalue weighted by Crippen LogP contribution is 2.25. The molecule has 1 atom stereocenters. The van der Waals surface area contributed by atoms with E-state index in [1.807, 2.05) is 12.4 Å². The van der Waals surface area contributed by atoms with Crippen molar-refractivity contribution < 1.29 is 0 Å². The Balaban J connectivity index is 2.03. The number of aromatic nitrogens is 1. The Morgan fingerprint density at radius 2 is 1.75 bits per heavy atom. The lowest BCUT2D eigenvalue weighted by atomic mass is 9.89. The molecule has 1 aromatic heterocycles. The first-order chi connectivity index (χ1) is 9.66. The third-order valence-corrected chi connectivity index (χ3v) is 3.81. The van der Waals surface area contributed by atoms with Gasteiger partial charge in [0.1, 0.15) is 0 Å². The molecule has 2 aromatic rings. The van der Waals surface area contributed by atoms with E-state index in [0.717, 1.165) is 12.8 Å². The fourth-order valence-corrected chi connectivity index (χ4v) is 2.71. The third kappa shape index (κ3) is 4.19. The molecule has 0 aliphatic carbocycles. The molecule has 1 unspecified atom stereocenters. The Morgan fingerprint density at radius 1 is 1.00 bits per heavy atom. The Labute approximate surface area is 123 Å². The summed E-state index contributed by atoms with van der Waals surface area (Å²) in [7, 11) is 0. The Hall–Kier alpha value is -1.63. The van der Waals surface area contributed by atoms with Crippen molar-refractivity contribution in [3.8, 4) is 0 Å². The molecule has 0 saturated heterocycles. The number of hydrogen-bond acceptors (Lipinski definition) is 1. The normalized spacial score (nSPS) is 12.6. The van der Waals surface area contributed by atoms with Gasteiger partial charge in [0.2, 0.25) is 0 Å². The van der Waals surface area contributed by atoms with Crippen LogP contribution in [0.2, 0.25) is 0 Å². The summed E-state index contributed by atoms with van der Waals surface area (Å²) in [5.41, 5.74) is 4.33. The van der Waals surface area contributed by atoms with E-state index in [-0.39, 0.29) is 0 Å². The van der Waals surface area contributed by atoms with Gasteiger partial charge in [-0.05, 0) is 53.9 Å². The average molecular weight is 267 g/mol. The maximum absolute atomic E-state index is 4.30. The highest BCUT2D eigenvalue weighted by atomic mass is 14.6. The predicted molar refractivity (Wildman–Crippen MR) is 86.0 cm³/mol. The Bertz CT molecular complexity index is 516. The van der Waals surface area contributed by atoms with Crippen LogP contribution in [0.15, 0.2) is 48.8 Å². The van der Waals surface area contributed by atoms with E-state index in [1.165, 1.54) is 23.1 Å². The van der Waals surface area contributed by atoms with Gasteiger partial charge in [-0.1, -0.05) is 51.1 Å². The van der Waals surface area contributed by atoms with Crippen LogP contribution >= 0.6 is 0 Å². The minimum absolute atomic E-state index is 0.590. The minimum atomic E-state index is 0.590. The first kappa shape index (κ1) is 14.8. The molecule has 0 fully saturated rings. The van der Waals surface area contributed by atoms with E-state index in [0.29, 0.717) is 11.8 Å². The number of pyridine rings is 1. The van der Waals surface area contributed by atoms with Crippen molar-refractivity contribution in [2.75, 3.05) is 0 Å². The van der Waals surface area contributed by atoms with Crippen molar-refractivity contribution in [3.63, 3.8) is 0 Å². The molecule has 1 aromatic carbocycles. The van der Waals surface area contributed by atoms with Crippen LogP contribution in [0.1, 0.15) is 49.8 Å². The van der Waals surface area contributed by atoms with Crippen molar-refractivity contribution in [3.05, 3.63) is 65.5 Å². The average Bonchev–Trinajstić information content (AvgIpc) is 2.46. The number of benzene rings is 1. The smallest absolute Gasteiger partial charge is 0.0302 e. The summed E-state index contributed by atoms with van der Waals surface area (Å²) in [5.74, 6) is 1.27. The van der Waals surface area contributed by atoms with Crippen molar-refractivity contribution >= 4 is 0 Å². The van der Waals surface area contributed by atoms with Crippen LogP contribution in [0.3, 0.4) is 0 Å². The molecule has 0 spiro atoms. The summed E-state index contributed by atoms with van der Waals surface area (Å²) in [6.45, 7) is 6.87. The first-order valence-electron chi connectivity index (χ1n) is 7.63. The van der Waals surface area contributed by atoms with Crippen molar-refractivity contribution in [2.24, 2.45) is 5.92 Å². The van der Waals surface area contributed by atoms with Crippen LogP contribution in [0, 0.1) is 5.92 Å². The molecular weight excluding hydrogens is 242 g/mol. The van der Waals surface area contributed by atoms with Crippen molar-refractivity contribution in [1.29, 1.82) is 0 Å². The lowest BCUT2D eigenvalue weighted by Crippen LogP contribution is -2.04. The number of nitrogens with zero attached hydrogens (tertiary/aromatic N) is 1. The van der Waals surface area contributed by atoms with Gasteiger partial charge >= 0.3 is 0 Å². The maximum Gasteiger partial charge on any atom is 0.0302 e. The van der Waals surface area contributed by atoms with Gasteiger partial charge < -0.3 is 0 Å². The van der Waals surface area contributed by atoms with Crippen LogP contribution in [-0.2, 0) is 12.8 Å². The second-order valence-corrected chi connectivity index (χ2v) is 6.10. The molecule has 1 nitrogen and oxygen atoms in total. The number of hydrogen-bond donors (Lipinski definition) is 0. The van der Waals surface area contributed by atoms with Crippen LogP contribution in [0.4, 0.5) is 0 Å². The summed E-state index contributed by atoms with van der Waals surface area (Å²) in [6.07, 6.45) is 7.44. The van der Waals surface area contributed by atoms with E-state index in [1.54, 1.807) is 0 Å². The van der Waals surface area contributed by atoms with E-state index >= 15 is 0 Å². The highest BCUT2D eigenvalue weighted by Gasteiger charge is 2.11. The lowest BCUT2D eigenvalue weighted by molar-refractivity contribution is 0.620. The van der Waals surface area contributed by atoms with E-state index in [2.05, 4.69) is 62.2 Å². The number of aryl methyl sites for hydroxylation is 1. The standard InChI is InChI=1S/C19H25N/c1-15(2)13-18-14-20-12-11-19(18)16(3)9-10-17-7-5-4-6-8-17/h4-8,11-12,14-16H,9-10,13H2,1-3H3. The third-order valence-electron chi connectivity index (χ3n) is 3.81. The van der Waals surface area contributed by atoms with Crippen LogP contribution in [0.25, 0.3) is 0 Å². The maximum atomic E-state index is 4.30. The van der Waals surface area contributed by atoms with E-state index in [4.69, 9.17) is 0 Å². The van der Waals surface area contributed by atoms with Crippen LogP contribution in [0.5, 0.6) is 0 Å². The lowest BCUT2D eigenvalue weighted by Gasteiger charge is -2.17. The molecule has 0 radical (unpaired) electrons. The minimum Gasteiger partial charge on any atom is -0.264 e. The molecule has 0 saturated carbocycles. The molecule has 0 aliphatic rings. The van der Waals surface area contributed by atoms with Crippen molar-refractivity contribution in [1.82, 2.24) is 4.98 Å². The molecule has 1 heteroatoms. The van der Waals surface area contributed by atoms with E-state index in [9.17, 15) is 0 Å². The zero-order valence-corrected chi connectivity index (χ0v) is 12.8. The second-order valence-electron chi connectivity index (χ2n) is 6.10. The van der Waals surface area contributed by atoms with Gasteiger partial charge in [0.05, 0.1) is 0 Å². The van der Waals surface area contributed by atoms with Gasteiger partial charge in [-0.25, -0.2) is 0 Å². The van der Waals surface area contributed by atoms with Crippen molar-refractivity contribution in [2.45, 2.75) is 46.0 Å². The summed E-state index contributed by atoms with van der Waals surface area (Å²) in [5, 5.41) is 0. The van der Waals surface area contributed by atoms with Crippen LogP contribution < -0.4 is 0 Å². The Kier molecular flexibility index (Phi) is 5.34. The first-order valence-corrected chi connectivity index (χ1v) is 7.63.